The van der Waals surface area contributed by atoms with Crippen molar-refractivity contribution in [3.63, 3.8) is 0 Å². The van der Waals surface area contributed by atoms with Crippen LogP contribution < -0.4 is 0 Å². The van der Waals surface area contributed by atoms with Crippen LogP contribution in [0.15, 0.2) is 36.4 Å². The number of hydrogen-bond acceptors (Lipinski definition) is 0. The van der Waals surface area contributed by atoms with E-state index in [0.29, 0.717) is 0 Å². The Labute approximate surface area is 180 Å². The molecule has 0 aromatic heterocycles. The molecular weight excluding hydrogens is 348 g/mol. The standard InChI is InChI=1S/C29H42/c1-22(2)11-7-5-9-13-24-15-17-28-26(19-24)21-27-20-25(16-18-29(27)28)14-10-6-8-12-23(3)4/h15-20,22-23H,5-14,21H2,1-4H3. The summed E-state index contributed by atoms with van der Waals surface area (Å²) in [7, 11) is 0. The number of rotatable bonds is 12. The molecule has 29 heavy (non-hydrogen) atoms. The average Bonchev–Trinajstić information content (AvgIpc) is 3.03. The number of fused-ring (bicyclic) bond motifs is 3. The fourth-order valence-corrected chi connectivity index (χ4v) is 4.75. The van der Waals surface area contributed by atoms with E-state index >= 15 is 0 Å². The van der Waals surface area contributed by atoms with Crippen LogP contribution in [-0.2, 0) is 19.3 Å². The van der Waals surface area contributed by atoms with E-state index in [1.165, 1.54) is 86.5 Å². The number of aryl methyl sites for hydroxylation is 2. The van der Waals surface area contributed by atoms with Crippen LogP contribution in [0.4, 0.5) is 0 Å². The summed E-state index contributed by atoms with van der Waals surface area (Å²) in [5, 5.41) is 0. The Balaban J connectivity index is 1.50. The molecule has 0 N–H and O–H groups in total. The molecule has 0 radical (unpaired) electrons. The Morgan fingerprint density at radius 1 is 0.586 bits per heavy atom. The molecule has 0 spiro atoms. The minimum absolute atomic E-state index is 0.846. The normalized spacial score (nSPS) is 12.6. The van der Waals surface area contributed by atoms with E-state index in [-0.39, 0.29) is 0 Å². The molecule has 0 aliphatic heterocycles. The first-order valence-electron chi connectivity index (χ1n) is 12.3. The number of unbranched alkanes of at least 4 members (excludes halogenated alkanes) is 4. The molecule has 0 saturated carbocycles. The molecule has 2 aromatic rings. The van der Waals surface area contributed by atoms with Crippen molar-refractivity contribution in [2.45, 2.75) is 98.3 Å². The minimum Gasteiger partial charge on any atom is -0.0628 e. The molecule has 0 heteroatoms. The minimum atomic E-state index is 0.846. The van der Waals surface area contributed by atoms with E-state index in [9.17, 15) is 0 Å². The molecule has 1 aliphatic carbocycles. The third-order valence-corrected chi connectivity index (χ3v) is 6.50. The second kappa shape index (κ2) is 11.0. The van der Waals surface area contributed by atoms with Crippen molar-refractivity contribution in [3.05, 3.63) is 58.7 Å². The fourth-order valence-electron chi connectivity index (χ4n) is 4.75. The zero-order valence-corrected chi connectivity index (χ0v) is 19.4. The quantitative estimate of drug-likeness (QED) is 0.271. The van der Waals surface area contributed by atoms with Crippen LogP contribution in [0, 0.1) is 11.8 Å². The summed E-state index contributed by atoms with van der Waals surface area (Å²) in [6.45, 7) is 9.32. The zero-order valence-electron chi connectivity index (χ0n) is 19.4. The summed E-state index contributed by atoms with van der Waals surface area (Å²) >= 11 is 0. The predicted octanol–water partition coefficient (Wildman–Crippen LogP) is 8.78. The van der Waals surface area contributed by atoms with Crippen LogP contribution in [0.25, 0.3) is 11.1 Å². The van der Waals surface area contributed by atoms with Gasteiger partial charge in [-0.25, -0.2) is 0 Å². The van der Waals surface area contributed by atoms with Gasteiger partial charge in [-0.05, 0) is 77.3 Å². The van der Waals surface area contributed by atoms with Gasteiger partial charge in [0.1, 0.15) is 0 Å². The lowest BCUT2D eigenvalue weighted by Gasteiger charge is -2.07. The molecule has 0 bridgehead atoms. The van der Waals surface area contributed by atoms with Crippen molar-refractivity contribution in [1.29, 1.82) is 0 Å². The Kier molecular flexibility index (Phi) is 8.40. The molecule has 0 nitrogen and oxygen atoms in total. The van der Waals surface area contributed by atoms with Gasteiger partial charge in [0.15, 0.2) is 0 Å². The summed E-state index contributed by atoms with van der Waals surface area (Å²) < 4.78 is 0. The summed E-state index contributed by atoms with van der Waals surface area (Å²) in [6.07, 6.45) is 14.5. The van der Waals surface area contributed by atoms with Crippen molar-refractivity contribution < 1.29 is 0 Å². The van der Waals surface area contributed by atoms with Crippen molar-refractivity contribution in [2.24, 2.45) is 11.8 Å². The molecule has 3 rings (SSSR count). The van der Waals surface area contributed by atoms with E-state index in [1.807, 2.05) is 0 Å². The lowest BCUT2D eigenvalue weighted by Crippen LogP contribution is -1.91. The zero-order chi connectivity index (χ0) is 20.6. The summed E-state index contributed by atoms with van der Waals surface area (Å²) in [5.41, 5.74) is 9.12. The van der Waals surface area contributed by atoms with Gasteiger partial charge in [-0.1, -0.05) is 103 Å². The second-order valence-electron chi connectivity index (χ2n) is 10.1. The summed E-state index contributed by atoms with van der Waals surface area (Å²) in [5.74, 6) is 1.69. The Morgan fingerprint density at radius 2 is 1.03 bits per heavy atom. The largest absolute Gasteiger partial charge is 0.0628 e. The van der Waals surface area contributed by atoms with Gasteiger partial charge in [0.2, 0.25) is 0 Å². The Bertz CT molecular complexity index is 700. The maximum atomic E-state index is 2.49. The van der Waals surface area contributed by atoms with Crippen molar-refractivity contribution in [1.82, 2.24) is 0 Å². The smallest absolute Gasteiger partial charge is 0.00133 e. The highest BCUT2D eigenvalue weighted by atomic mass is 14.2. The lowest BCUT2D eigenvalue weighted by atomic mass is 9.98. The monoisotopic (exact) mass is 390 g/mol. The van der Waals surface area contributed by atoms with Crippen LogP contribution in [0.5, 0.6) is 0 Å². The van der Waals surface area contributed by atoms with Gasteiger partial charge in [-0.2, -0.15) is 0 Å². The van der Waals surface area contributed by atoms with E-state index in [4.69, 9.17) is 0 Å². The molecule has 0 atom stereocenters. The summed E-state index contributed by atoms with van der Waals surface area (Å²) in [6, 6.07) is 14.5. The first kappa shape index (κ1) is 22.1. The van der Waals surface area contributed by atoms with Crippen LogP contribution >= 0.6 is 0 Å². The van der Waals surface area contributed by atoms with Gasteiger partial charge >= 0.3 is 0 Å². The Hall–Kier alpha value is -1.56. The topological polar surface area (TPSA) is 0 Å². The molecule has 158 valence electrons. The fraction of sp³-hybridized carbons (Fsp3) is 0.586. The second-order valence-corrected chi connectivity index (χ2v) is 10.1. The van der Waals surface area contributed by atoms with Crippen molar-refractivity contribution in [3.8, 4) is 11.1 Å². The van der Waals surface area contributed by atoms with E-state index in [0.717, 1.165) is 18.3 Å². The van der Waals surface area contributed by atoms with Crippen LogP contribution in [-0.4, -0.2) is 0 Å². The average molecular weight is 391 g/mol. The van der Waals surface area contributed by atoms with E-state index < -0.39 is 0 Å². The highest BCUT2D eigenvalue weighted by molar-refractivity contribution is 5.77. The maximum Gasteiger partial charge on any atom is -0.00133 e. The van der Waals surface area contributed by atoms with Crippen molar-refractivity contribution >= 4 is 0 Å². The molecule has 1 aliphatic rings. The molecule has 2 aromatic carbocycles. The van der Waals surface area contributed by atoms with Crippen LogP contribution in [0.1, 0.15) is 101 Å². The van der Waals surface area contributed by atoms with E-state index in [1.54, 1.807) is 11.1 Å². The van der Waals surface area contributed by atoms with Gasteiger partial charge in [0.25, 0.3) is 0 Å². The highest BCUT2D eigenvalue weighted by Crippen LogP contribution is 2.38. The lowest BCUT2D eigenvalue weighted by molar-refractivity contribution is 0.527. The van der Waals surface area contributed by atoms with Crippen LogP contribution in [0.3, 0.4) is 0 Å². The van der Waals surface area contributed by atoms with Crippen LogP contribution in [0.2, 0.25) is 0 Å². The third-order valence-electron chi connectivity index (χ3n) is 6.50. The molecule has 0 amide bonds. The highest BCUT2D eigenvalue weighted by Gasteiger charge is 2.18. The van der Waals surface area contributed by atoms with Gasteiger partial charge in [0, 0.05) is 0 Å². The molecular formula is C29H42. The first-order chi connectivity index (χ1) is 14.0. The SMILES string of the molecule is CC(C)CCCCCc1ccc2c(c1)Cc1cc(CCCCCC(C)C)ccc1-2. The maximum absolute atomic E-state index is 2.49. The molecule has 0 heterocycles. The summed E-state index contributed by atoms with van der Waals surface area (Å²) in [4.78, 5) is 0. The third kappa shape index (κ3) is 6.73. The molecule has 0 saturated heterocycles. The Morgan fingerprint density at radius 3 is 1.45 bits per heavy atom. The first-order valence-corrected chi connectivity index (χ1v) is 12.3. The van der Waals surface area contributed by atoms with E-state index in [2.05, 4.69) is 64.1 Å². The van der Waals surface area contributed by atoms with Gasteiger partial charge in [-0.15, -0.1) is 0 Å². The molecule has 0 unspecified atom stereocenters. The van der Waals surface area contributed by atoms with Gasteiger partial charge in [0.05, 0.1) is 0 Å². The number of hydrogen-bond donors (Lipinski definition) is 0. The van der Waals surface area contributed by atoms with Crippen molar-refractivity contribution in [2.75, 3.05) is 0 Å². The molecule has 0 fully saturated rings. The predicted molar refractivity (Wildman–Crippen MR) is 129 cm³/mol. The van der Waals surface area contributed by atoms with Gasteiger partial charge in [-0.3, -0.25) is 0 Å². The number of benzene rings is 2. The van der Waals surface area contributed by atoms with Gasteiger partial charge < -0.3 is 0 Å².